The van der Waals surface area contributed by atoms with Gasteiger partial charge in [-0.25, -0.2) is 0 Å². The topological polar surface area (TPSA) is 15.3 Å². The third-order valence-electron chi connectivity index (χ3n) is 4.59. The van der Waals surface area contributed by atoms with Gasteiger partial charge in [0.15, 0.2) is 0 Å². The van der Waals surface area contributed by atoms with E-state index in [1.807, 2.05) is 0 Å². The van der Waals surface area contributed by atoms with E-state index in [4.69, 9.17) is 0 Å². The third kappa shape index (κ3) is 3.62. The first-order valence-corrected chi connectivity index (χ1v) is 8.33. The van der Waals surface area contributed by atoms with Crippen molar-refractivity contribution in [1.29, 1.82) is 0 Å². The highest BCUT2D eigenvalue weighted by molar-refractivity contribution is 8.00. The summed E-state index contributed by atoms with van der Waals surface area (Å²) in [6, 6.07) is 0. The molecule has 2 heterocycles. The molecule has 1 N–H and O–H groups in total. The Balaban J connectivity index is 1.84. The van der Waals surface area contributed by atoms with Crippen LogP contribution < -0.4 is 5.32 Å². The molecule has 2 fully saturated rings. The Morgan fingerprint density at radius 3 is 2.59 bits per heavy atom. The summed E-state index contributed by atoms with van der Waals surface area (Å²) in [5.41, 5.74) is 0. The van der Waals surface area contributed by atoms with Gasteiger partial charge in [0, 0.05) is 30.1 Å². The zero-order valence-electron chi connectivity index (χ0n) is 11.5. The van der Waals surface area contributed by atoms with Crippen LogP contribution in [0.15, 0.2) is 0 Å². The van der Waals surface area contributed by atoms with E-state index in [2.05, 4.69) is 35.8 Å². The lowest BCUT2D eigenvalue weighted by atomic mass is 9.95. The van der Waals surface area contributed by atoms with Crippen LogP contribution in [0.4, 0.5) is 0 Å². The Bertz CT molecular complexity index is 222. The molecule has 100 valence electrons. The second kappa shape index (κ2) is 6.44. The van der Waals surface area contributed by atoms with Crippen molar-refractivity contribution in [2.75, 3.05) is 38.5 Å². The largest absolute Gasteiger partial charge is 0.317 e. The fraction of sp³-hybridized carbons (Fsp3) is 1.00. The van der Waals surface area contributed by atoms with E-state index in [1.54, 1.807) is 0 Å². The molecule has 0 aromatic carbocycles. The van der Waals surface area contributed by atoms with Crippen molar-refractivity contribution in [1.82, 2.24) is 10.2 Å². The van der Waals surface area contributed by atoms with Crippen LogP contribution in [0.3, 0.4) is 0 Å². The van der Waals surface area contributed by atoms with E-state index in [9.17, 15) is 0 Å². The fourth-order valence-electron chi connectivity index (χ4n) is 3.19. The van der Waals surface area contributed by atoms with E-state index in [0.717, 1.165) is 5.92 Å². The van der Waals surface area contributed by atoms with Crippen LogP contribution in [-0.2, 0) is 0 Å². The first-order valence-electron chi connectivity index (χ1n) is 7.35. The molecule has 0 atom stereocenters. The summed E-state index contributed by atoms with van der Waals surface area (Å²) in [6.07, 6.45) is 5.43. The minimum absolute atomic E-state index is 0.561. The zero-order chi connectivity index (χ0) is 12.1. The van der Waals surface area contributed by atoms with Crippen molar-refractivity contribution in [2.45, 2.75) is 44.3 Å². The van der Waals surface area contributed by atoms with Gasteiger partial charge < -0.3 is 10.2 Å². The first-order chi connectivity index (χ1) is 8.28. The molecule has 0 amide bonds. The minimum Gasteiger partial charge on any atom is -0.317 e. The Morgan fingerprint density at radius 1 is 1.24 bits per heavy atom. The third-order valence-corrected chi connectivity index (χ3v) is 6.30. The number of rotatable bonds is 4. The molecule has 0 aromatic rings. The summed E-state index contributed by atoms with van der Waals surface area (Å²) in [5, 5.41) is 3.47. The number of hydrogen-bond donors (Lipinski definition) is 1. The zero-order valence-corrected chi connectivity index (χ0v) is 12.3. The van der Waals surface area contributed by atoms with Crippen LogP contribution in [0.2, 0.25) is 0 Å². The molecule has 0 spiro atoms. The van der Waals surface area contributed by atoms with Gasteiger partial charge >= 0.3 is 0 Å². The Kier molecular flexibility index (Phi) is 5.19. The SMILES string of the molecule is CCC1(CC)CN(CC2CCNCC2)CCS1. The van der Waals surface area contributed by atoms with Crippen molar-refractivity contribution >= 4 is 11.8 Å². The molecule has 17 heavy (non-hydrogen) atoms. The first kappa shape index (κ1) is 13.7. The highest BCUT2D eigenvalue weighted by Crippen LogP contribution is 2.37. The molecule has 0 bridgehead atoms. The summed E-state index contributed by atoms with van der Waals surface area (Å²) in [6.45, 7) is 11.2. The fourth-order valence-corrected chi connectivity index (χ4v) is 4.65. The van der Waals surface area contributed by atoms with Gasteiger partial charge in [-0.05, 0) is 44.7 Å². The van der Waals surface area contributed by atoms with E-state index in [1.165, 1.54) is 64.2 Å². The van der Waals surface area contributed by atoms with Crippen molar-refractivity contribution in [3.63, 3.8) is 0 Å². The van der Waals surface area contributed by atoms with Crippen molar-refractivity contribution in [2.24, 2.45) is 5.92 Å². The predicted molar refractivity (Wildman–Crippen MR) is 77.8 cm³/mol. The molecule has 2 rings (SSSR count). The van der Waals surface area contributed by atoms with Crippen molar-refractivity contribution in [3.8, 4) is 0 Å². The molecule has 0 saturated carbocycles. The summed E-state index contributed by atoms with van der Waals surface area (Å²) in [5.74, 6) is 2.29. The van der Waals surface area contributed by atoms with Crippen LogP contribution in [0.1, 0.15) is 39.5 Å². The predicted octanol–water partition coefficient (Wildman–Crippen LogP) is 2.59. The monoisotopic (exact) mass is 256 g/mol. The molecule has 2 nitrogen and oxygen atoms in total. The van der Waals surface area contributed by atoms with Crippen LogP contribution >= 0.6 is 11.8 Å². The molecule has 0 aliphatic carbocycles. The summed E-state index contributed by atoms with van der Waals surface area (Å²) < 4.78 is 0.561. The Labute approximate surface area is 111 Å². The smallest absolute Gasteiger partial charge is 0.0282 e. The van der Waals surface area contributed by atoms with Gasteiger partial charge in [-0.15, -0.1) is 0 Å². The second-order valence-corrected chi connectivity index (χ2v) is 7.23. The van der Waals surface area contributed by atoms with E-state index in [0.29, 0.717) is 4.75 Å². The molecule has 0 unspecified atom stereocenters. The molecule has 3 heteroatoms. The maximum absolute atomic E-state index is 3.47. The number of nitrogens with zero attached hydrogens (tertiary/aromatic N) is 1. The normalized spacial score (nSPS) is 27.2. The Morgan fingerprint density at radius 2 is 1.94 bits per heavy atom. The lowest BCUT2D eigenvalue weighted by molar-refractivity contribution is 0.187. The standard InChI is InChI=1S/C14H28N2S/c1-3-14(4-2)12-16(9-10-17-14)11-13-5-7-15-8-6-13/h13,15H,3-12H2,1-2H3. The summed E-state index contributed by atoms with van der Waals surface area (Å²) in [7, 11) is 0. The summed E-state index contributed by atoms with van der Waals surface area (Å²) in [4.78, 5) is 2.75. The molecule has 0 radical (unpaired) electrons. The van der Waals surface area contributed by atoms with Crippen molar-refractivity contribution < 1.29 is 0 Å². The Hall–Kier alpha value is 0.270. The number of piperidine rings is 1. The quantitative estimate of drug-likeness (QED) is 0.832. The van der Waals surface area contributed by atoms with Crippen LogP contribution in [0, 0.1) is 5.92 Å². The van der Waals surface area contributed by atoms with Crippen LogP contribution in [-0.4, -0.2) is 48.1 Å². The number of nitrogens with one attached hydrogen (secondary N) is 1. The van der Waals surface area contributed by atoms with E-state index < -0.39 is 0 Å². The lowest BCUT2D eigenvalue weighted by Gasteiger charge is -2.43. The van der Waals surface area contributed by atoms with Crippen LogP contribution in [0.25, 0.3) is 0 Å². The van der Waals surface area contributed by atoms with Gasteiger partial charge in [-0.1, -0.05) is 13.8 Å². The second-order valence-electron chi connectivity index (χ2n) is 5.67. The highest BCUT2D eigenvalue weighted by Gasteiger charge is 2.33. The average Bonchev–Trinajstić information content (AvgIpc) is 2.40. The minimum atomic E-state index is 0.561. The average molecular weight is 256 g/mol. The van der Waals surface area contributed by atoms with Gasteiger partial charge in [0.25, 0.3) is 0 Å². The molecule has 2 aliphatic heterocycles. The lowest BCUT2D eigenvalue weighted by Crippen LogP contribution is -2.48. The van der Waals surface area contributed by atoms with E-state index >= 15 is 0 Å². The highest BCUT2D eigenvalue weighted by atomic mass is 32.2. The van der Waals surface area contributed by atoms with Gasteiger partial charge in [0.1, 0.15) is 0 Å². The summed E-state index contributed by atoms with van der Waals surface area (Å²) >= 11 is 2.22. The van der Waals surface area contributed by atoms with E-state index in [-0.39, 0.29) is 0 Å². The van der Waals surface area contributed by atoms with Gasteiger partial charge in [-0.2, -0.15) is 11.8 Å². The molecule has 2 aliphatic rings. The van der Waals surface area contributed by atoms with Gasteiger partial charge in [0.2, 0.25) is 0 Å². The molecular weight excluding hydrogens is 228 g/mol. The number of thioether (sulfide) groups is 1. The van der Waals surface area contributed by atoms with Crippen LogP contribution in [0.5, 0.6) is 0 Å². The number of hydrogen-bond acceptors (Lipinski definition) is 3. The molecular formula is C14H28N2S. The van der Waals surface area contributed by atoms with Gasteiger partial charge in [0.05, 0.1) is 0 Å². The maximum atomic E-state index is 3.47. The van der Waals surface area contributed by atoms with Gasteiger partial charge in [-0.3, -0.25) is 0 Å². The van der Waals surface area contributed by atoms with Crippen molar-refractivity contribution in [3.05, 3.63) is 0 Å². The molecule has 0 aromatic heterocycles. The maximum Gasteiger partial charge on any atom is 0.0282 e. The molecule has 2 saturated heterocycles.